The summed E-state index contributed by atoms with van der Waals surface area (Å²) >= 11 is 3.49. The van der Waals surface area contributed by atoms with Crippen LogP contribution in [0.4, 0.5) is 0 Å². The molecule has 0 radical (unpaired) electrons. The van der Waals surface area contributed by atoms with Crippen LogP contribution in [-0.2, 0) is 16.0 Å². The largest absolute Gasteiger partial charge is 0.389 e. The van der Waals surface area contributed by atoms with Gasteiger partial charge in [-0.05, 0) is 24.5 Å². The van der Waals surface area contributed by atoms with Gasteiger partial charge in [0.2, 0.25) is 0 Å². The van der Waals surface area contributed by atoms with Crippen LogP contribution in [0.2, 0.25) is 0 Å². The second-order valence-corrected chi connectivity index (χ2v) is 5.42. The number of nitrogens with zero attached hydrogens (tertiary/aromatic N) is 1. The molecule has 0 heterocycles. The number of amides is 1. The van der Waals surface area contributed by atoms with E-state index in [0.717, 1.165) is 17.3 Å². The quantitative estimate of drug-likeness (QED) is 0.399. The van der Waals surface area contributed by atoms with Crippen LogP contribution >= 0.6 is 15.9 Å². The number of hydrogen-bond acceptors (Lipinski definition) is 4. The Hall–Kier alpha value is -1.84. The van der Waals surface area contributed by atoms with Crippen molar-refractivity contribution in [3.8, 4) is 6.07 Å². The minimum atomic E-state index is -0.369. The van der Waals surface area contributed by atoms with Crippen LogP contribution in [-0.4, -0.2) is 32.7 Å². The van der Waals surface area contributed by atoms with E-state index in [4.69, 9.17) is 10.00 Å². The van der Waals surface area contributed by atoms with E-state index in [1.165, 1.54) is 11.8 Å². The van der Waals surface area contributed by atoms with Crippen LogP contribution in [0, 0.1) is 11.3 Å². The molecule has 0 saturated heterocycles. The highest BCUT2D eigenvalue weighted by Crippen LogP contribution is 2.15. The molecule has 0 saturated carbocycles. The standard InChI is InChI=1S/C16H20BrN3O2/c1-22-10-4-8-20-16(21)14(11-18)12-19-9-7-13-5-2-3-6-15(13)17/h2-3,5-6,12,19H,4,7-10H2,1H3,(H,20,21)/b14-12-. The molecule has 0 aromatic heterocycles. The molecule has 22 heavy (non-hydrogen) atoms. The van der Waals surface area contributed by atoms with Crippen molar-refractivity contribution in [2.75, 3.05) is 26.8 Å². The fraction of sp³-hybridized carbons (Fsp3) is 0.375. The number of ether oxygens (including phenoxy) is 1. The van der Waals surface area contributed by atoms with Crippen molar-refractivity contribution in [1.29, 1.82) is 5.26 Å². The average molecular weight is 366 g/mol. The van der Waals surface area contributed by atoms with Crippen molar-refractivity contribution in [2.24, 2.45) is 0 Å². The maximum absolute atomic E-state index is 11.8. The summed E-state index contributed by atoms with van der Waals surface area (Å²) in [6.45, 7) is 1.71. The van der Waals surface area contributed by atoms with E-state index >= 15 is 0 Å². The third-order valence-electron chi connectivity index (χ3n) is 2.92. The number of methoxy groups -OCH3 is 1. The van der Waals surface area contributed by atoms with Gasteiger partial charge in [-0.3, -0.25) is 4.79 Å². The second kappa shape index (κ2) is 10.8. The number of benzene rings is 1. The van der Waals surface area contributed by atoms with Crippen molar-refractivity contribution in [3.63, 3.8) is 0 Å². The Bertz CT molecular complexity index is 553. The molecule has 0 unspecified atom stereocenters. The van der Waals surface area contributed by atoms with Gasteiger partial charge >= 0.3 is 0 Å². The number of rotatable bonds is 9. The molecule has 0 fully saturated rings. The van der Waals surface area contributed by atoms with Gasteiger partial charge in [0.25, 0.3) is 5.91 Å². The molecule has 1 amide bonds. The lowest BCUT2D eigenvalue weighted by Crippen LogP contribution is -2.27. The van der Waals surface area contributed by atoms with Crippen LogP contribution in [0.1, 0.15) is 12.0 Å². The van der Waals surface area contributed by atoms with E-state index in [-0.39, 0.29) is 11.5 Å². The van der Waals surface area contributed by atoms with Gasteiger partial charge in [-0.25, -0.2) is 0 Å². The number of halogens is 1. The predicted molar refractivity (Wildman–Crippen MR) is 89.0 cm³/mol. The van der Waals surface area contributed by atoms with E-state index in [1.807, 2.05) is 30.3 Å². The van der Waals surface area contributed by atoms with Crippen molar-refractivity contribution in [1.82, 2.24) is 10.6 Å². The Morgan fingerprint density at radius 1 is 1.41 bits per heavy atom. The molecule has 0 atom stereocenters. The first-order valence-corrected chi connectivity index (χ1v) is 7.82. The summed E-state index contributed by atoms with van der Waals surface area (Å²) in [6.07, 6.45) is 2.98. The molecule has 2 N–H and O–H groups in total. The smallest absolute Gasteiger partial charge is 0.263 e. The minimum absolute atomic E-state index is 0.0737. The maximum atomic E-state index is 11.8. The molecule has 1 aromatic rings. The zero-order valence-electron chi connectivity index (χ0n) is 12.6. The summed E-state index contributed by atoms with van der Waals surface area (Å²) in [6, 6.07) is 9.85. The van der Waals surface area contributed by atoms with Gasteiger partial charge in [-0.1, -0.05) is 34.1 Å². The summed E-state index contributed by atoms with van der Waals surface area (Å²) in [5.74, 6) is -0.369. The second-order valence-electron chi connectivity index (χ2n) is 4.57. The van der Waals surface area contributed by atoms with Crippen molar-refractivity contribution in [2.45, 2.75) is 12.8 Å². The zero-order valence-corrected chi connectivity index (χ0v) is 14.1. The third kappa shape index (κ3) is 6.74. The summed E-state index contributed by atoms with van der Waals surface area (Å²) < 4.78 is 5.95. The highest BCUT2D eigenvalue weighted by atomic mass is 79.9. The molecule has 1 rings (SSSR count). The molecule has 118 valence electrons. The molecule has 0 aliphatic rings. The number of carbonyl (C=O) groups is 1. The Morgan fingerprint density at radius 2 is 2.18 bits per heavy atom. The first kappa shape index (κ1) is 18.2. The van der Waals surface area contributed by atoms with E-state index < -0.39 is 0 Å². The maximum Gasteiger partial charge on any atom is 0.263 e. The molecule has 0 spiro atoms. The van der Waals surface area contributed by atoms with Crippen LogP contribution in [0.3, 0.4) is 0 Å². The lowest BCUT2D eigenvalue weighted by molar-refractivity contribution is -0.117. The summed E-state index contributed by atoms with van der Waals surface area (Å²) in [5.41, 5.74) is 1.25. The highest BCUT2D eigenvalue weighted by Gasteiger charge is 2.07. The van der Waals surface area contributed by atoms with E-state index in [2.05, 4.69) is 26.6 Å². The Morgan fingerprint density at radius 3 is 2.86 bits per heavy atom. The number of nitrogens with one attached hydrogen (secondary N) is 2. The van der Waals surface area contributed by atoms with Crippen LogP contribution in [0.15, 0.2) is 40.5 Å². The van der Waals surface area contributed by atoms with E-state index in [1.54, 1.807) is 7.11 Å². The van der Waals surface area contributed by atoms with Crippen LogP contribution < -0.4 is 10.6 Å². The van der Waals surface area contributed by atoms with Gasteiger partial charge in [0, 0.05) is 37.5 Å². The van der Waals surface area contributed by atoms with Crippen molar-refractivity contribution in [3.05, 3.63) is 46.1 Å². The summed E-state index contributed by atoms with van der Waals surface area (Å²) in [5, 5.41) is 14.7. The first-order valence-electron chi connectivity index (χ1n) is 7.03. The zero-order chi connectivity index (χ0) is 16.2. The van der Waals surface area contributed by atoms with Gasteiger partial charge < -0.3 is 15.4 Å². The number of nitriles is 1. The first-order chi connectivity index (χ1) is 10.7. The normalized spacial score (nSPS) is 10.9. The number of carbonyl (C=O) groups excluding carboxylic acids is 1. The van der Waals surface area contributed by atoms with Gasteiger partial charge in [0.15, 0.2) is 0 Å². The fourth-order valence-electron chi connectivity index (χ4n) is 1.74. The molecular formula is C16H20BrN3O2. The molecule has 5 nitrogen and oxygen atoms in total. The van der Waals surface area contributed by atoms with Gasteiger partial charge in [0.1, 0.15) is 11.6 Å². The van der Waals surface area contributed by atoms with E-state index in [9.17, 15) is 4.79 Å². The highest BCUT2D eigenvalue weighted by molar-refractivity contribution is 9.10. The summed E-state index contributed by atoms with van der Waals surface area (Å²) in [4.78, 5) is 11.8. The van der Waals surface area contributed by atoms with Gasteiger partial charge in [-0.15, -0.1) is 0 Å². The molecule has 1 aromatic carbocycles. The molecule has 0 aliphatic carbocycles. The summed E-state index contributed by atoms with van der Waals surface area (Å²) in [7, 11) is 1.61. The number of hydrogen-bond donors (Lipinski definition) is 2. The third-order valence-corrected chi connectivity index (χ3v) is 3.69. The van der Waals surface area contributed by atoms with E-state index in [0.29, 0.717) is 19.7 Å². The van der Waals surface area contributed by atoms with Crippen LogP contribution in [0.25, 0.3) is 0 Å². The van der Waals surface area contributed by atoms with Crippen molar-refractivity contribution >= 4 is 21.8 Å². The molecule has 0 bridgehead atoms. The SMILES string of the molecule is COCCCNC(=O)/C(C#N)=C\NCCc1ccccc1Br. The Labute approximate surface area is 139 Å². The topological polar surface area (TPSA) is 74.1 Å². The monoisotopic (exact) mass is 365 g/mol. The fourth-order valence-corrected chi connectivity index (χ4v) is 2.23. The Kier molecular flexibility index (Phi) is 8.96. The minimum Gasteiger partial charge on any atom is -0.389 e. The molecule has 6 heteroatoms. The van der Waals surface area contributed by atoms with Gasteiger partial charge in [0.05, 0.1) is 0 Å². The molecular weight excluding hydrogens is 346 g/mol. The lowest BCUT2D eigenvalue weighted by Gasteiger charge is -2.06. The lowest BCUT2D eigenvalue weighted by atomic mass is 10.1. The predicted octanol–water partition coefficient (Wildman–Crippen LogP) is 2.14. The van der Waals surface area contributed by atoms with Gasteiger partial charge in [-0.2, -0.15) is 5.26 Å². The van der Waals surface area contributed by atoms with Crippen molar-refractivity contribution < 1.29 is 9.53 Å². The molecule has 0 aliphatic heterocycles. The average Bonchev–Trinajstić information content (AvgIpc) is 2.53. The Balaban J connectivity index is 2.37. The van der Waals surface area contributed by atoms with Crippen LogP contribution in [0.5, 0.6) is 0 Å².